The number of likely N-dealkylation sites (tertiary alicyclic amines) is 1. The Morgan fingerprint density at radius 2 is 2.11 bits per heavy atom. The molecule has 0 spiro atoms. The predicted octanol–water partition coefficient (Wildman–Crippen LogP) is 3.21. The van der Waals surface area contributed by atoms with E-state index in [0.717, 1.165) is 29.7 Å². The molecule has 2 rings (SSSR count). The maximum atomic E-state index is 9.07. The molecule has 0 radical (unpaired) electrons. The van der Waals surface area contributed by atoms with E-state index in [-0.39, 0.29) is 6.04 Å². The number of hydrogen-bond acceptors (Lipinski definition) is 3. The van der Waals surface area contributed by atoms with E-state index in [2.05, 4.69) is 26.9 Å². The first-order valence-corrected chi connectivity index (χ1v) is 7.11. The van der Waals surface area contributed by atoms with Crippen molar-refractivity contribution in [3.8, 4) is 11.8 Å². The van der Waals surface area contributed by atoms with Crippen molar-refractivity contribution in [3.05, 3.63) is 28.7 Å². The van der Waals surface area contributed by atoms with Crippen molar-refractivity contribution in [2.45, 2.75) is 25.3 Å². The van der Waals surface area contributed by atoms with E-state index in [1.807, 2.05) is 24.3 Å². The maximum Gasteiger partial charge on any atom is 0.119 e. The Kier molecular flexibility index (Phi) is 5.03. The second kappa shape index (κ2) is 6.77. The Hall–Kier alpha value is -1.05. The minimum Gasteiger partial charge on any atom is -0.492 e. The minimum absolute atomic E-state index is 0.0762. The van der Waals surface area contributed by atoms with E-state index in [9.17, 15) is 0 Å². The van der Waals surface area contributed by atoms with Crippen molar-refractivity contribution in [3.63, 3.8) is 0 Å². The summed E-state index contributed by atoms with van der Waals surface area (Å²) in [7, 11) is 0. The lowest BCUT2D eigenvalue weighted by molar-refractivity contribution is 0.151. The first-order chi connectivity index (χ1) is 8.79. The van der Waals surface area contributed by atoms with Gasteiger partial charge in [0.1, 0.15) is 12.4 Å². The first-order valence-electron chi connectivity index (χ1n) is 6.31. The number of piperidine rings is 1. The van der Waals surface area contributed by atoms with Crippen molar-refractivity contribution in [2.75, 3.05) is 19.7 Å². The van der Waals surface area contributed by atoms with Crippen LogP contribution in [0.1, 0.15) is 19.3 Å². The largest absolute Gasteiger partial charge is 0.492 e. The van der Waals surface area contributed by atoms with E-state index in [4.69, 9.17) is 10.00 Å². The van der Waals surface area contributed by atoms with Gasteiger partial charge in [-0.15, -0.1) is 0 Å². The van der Waals surface area contributed by atoms with E-state index in [1.54, 1.807) is 0 Å². The second-order valence-electron chi connectivity index (χ2n) is 4.48. The summed E-state index contributed by atoms with van der Waals surface area (Å²) in [6.07, 6.45) is 3.35. The highest BCUT2D eigenvalue weighted by Gasteiger charge is 2.21. The Bertz CT molecular complexity index is 413. The van der Waals surface area contributed by atoms with Crippen LogP contribution in [0.5, 0.6) is 5.75 Å². The highest BCUT2D eigenvalue weighted by molar-refractivity contribution is 9.10. The van der Waals surface area contributed by atoms with Crippen LogP contribution in [0, 0.1) is 11.3 Å². The van der Waals surface area contributed by atoms with Crippen LogP contribution in [-0.4, -0.2) is 30.6 Å². The van der Waals surface area contributed by atoms with Crippen LogP contribution in [0.25, 0.3) is 0 Å². The van der Waals surface area contributed by atoms with Crippen molar-refractivity contribution in [1.29, 1.82) is 5.26 Å². The number of nitriles is 1. The Morgan fingerprint density at radius 1 is 1.33 bits per heavy atom. The third-order valence-electron chi connectivity index (χ3n) is 3.22. The summed E-state index contributed by atoms with van der Waals surface area (Å²) in [6, 6.07) is 10.3. The summed E-state index contributed by atoms with van der Waals surface area (Å²) in [5, 5.41) is 9.07. The monoisotopic (exact) mass is 308 g/mol. The summed E-state index contributed by atoms with van der Waals surface area (Å²) in [5.74, 6) is 0.878. The van der Waals surface area contributed by atoms with Gasteiger partial charge in [-0.25, -0.2) is 0 Å². The van der Waals surface area contributed by atoms with Gasteiger partial charge in [0.05, 0.1) is 12.1 Å². The first kappa shape index (κ1) is 13.4. The van der Waals surface area contributed by atoms with Crippen LogP contribution >= 0.6 is 15.9 Å². The molecule has 1 unspecified atom stereocenters. The second-order valence-corrected chi connectivity index (χ2v) is 5.39. The molecule has 1 saturated heterocycles. The minimum atomic E-state index is 0.0762. The van der Waals surface area contributed by atoms with E-state index in [0.29, 0.717) is 6.61 Å². The third-order valence-corrected chi connectivity index (χ3v) is 3.75. The summed E-state index contributed by atoms with van der Waals surface area (Å²) in [5.41, 5.74) is 0. The molecule has 96 valence electrons. The zero-order valence-corrected chi connectivity index (χ0v) is 11.9. The summed E-state index contributed by atoms with van der Waals surface area (Å²) < 4.78 is 6.74. The molecule has 1 heterocycles. The van der Waals surface area contributed by atoms with Crippen LogP contribution in [0.4, 0.5) is 0 Å². The van der Waals surface area contributed by atoms with Gasteiger partial charge in [0.15, 0.2) is 0 Å². The van der Waals surface area contributed by atoms with Gasteiger partial charge in [0, 0.05) is 11.0 Å². The van der Waals surface area contributed by atoms with Gasteiger partial charge in [-0.05, 0) is 50.1 Å². The topological polar surface area (TPSA) is 36.3 Å². The maximum absolute atomic E-state index is 9.07. The molecule has 3 nitrogen and oxygen atoms in total. The van der Waals surface area contributed by atoms with Crippen molar-refractivity contribution < 1.29 is 4.74 Å². The van der Waals surface area contributed by atoms with E-state index in [1.165, 1.54) is 12.8 Å². The highest BCUT2D eigenvalue weighted by atomic mass is 79.9. The smallest absolute Gasteiger partial charge is 0.119 e. The highest BCUT2D eigenvalue weighted by Crippen LogP contribution is 2.18. The fraction of sp³-hybridized carbons (Fsp3) is 0.500. The molecule has 0 aromatic heterocycles. The molecule has 18 heavy (non-hydrogen) atoms. The third kappa shape index (κ3) is 3.72. The zero-order valence-electron chi connectivity index (χ0n) is 10.3. The fourth-order valence-electron chi connectivity index (χ4n) is 2.22. The van der Waals surface area contributed by atoms with Gasteiger partial charge in [-0.3, -0.25) is 4.90 Å². The number of hydrogen-bond donors (Lipinski definition) is 0. The molecule has 1 aromatic rings. The summed E-state index contributed by atoms with van der Waals surface area (Å²) >= 11 is 3.39. The molecule has 1 atom stereocenters. The van der Waals surface area contributed by atoms with E-state index < -0.39 is 0 Å². The molecular weight excluding hydrogens is 292 g/mol. The number of nitrogens with zero attached hydrogens (tertiary/aromatic N) is 2. The zero-order chi connectivity index (χ0) is 12.8. The summed E-state index contributed by atoms with van der Waals surface area (Å²) in [6.45, 7) is 2.48. The molecule has 1 aromatic carbocycles. The molecule has 1 fully saturated rings. The quantitative estimate of drug-likeness (QED) is 0.857. The standard InChI is InChI=1S/C14H17BrN2O/c15-12-4-6-14(7-5-12)18-10-9-17-8-2-1-3-13(17)11-16/h4-7,13H,1-3,8-10H2. The average Bonchev–Trinajstić information content (AvgIpc) is 2.41. The fourth-order valence-corrected chi connectivity index (χ4v) is 2.48. The Balaban J connectivity index is 1.77. The molecule has 0 bridgehead atoms. The molecule has 1 aliphatic rings. The molecule has 1 aliphatic heterocycles. The van der Waals surface area contributed by atoms with Gasteiger partial charge in [0.2, 0.25) is 0 Å². The number of ether oxygens (including phenoxy) is 1. The Labute approximate surface area is 116 Å². The van der Waals surface area contributed by atoms with Gasteiger partial charge >= 0.3 is 0 Å². The SMILES string of the molecule is N#CC1CCCCN1CCOc1ccc(Br)cc1. The molecule has 4 heteroatoms. The number of halogens is 1. The molecular formula is C14H17BrN2O. The molecule has 0 saturated carbocycles. The van der Waals surface area contributed by atoms with Crippen molar-refractivity contribution >= 4 is 15.9 Å². The van der Waals surface area contributed by atoms with Crippen LogP contribution < -0.4 is 4.74 Å². The van der Waals surface area contributed by atoms with E-state index >= 15 is 0 Å². The average molecular weight is 309 g/mol. The molecule has 0 N–H and O–H groups in total. The lowest BCUT2D eigenvalue weighted by Crippen LogP contribution is -2.40. The lowest BCUT2D eigenvalue weighted by atomic mass is 10.0. The Morgan fingerprint density at radius 3 is 2.83 bits per heavy atom. The van der Waals surface area contributed by atoms with Gasteiger partial charge in [0.25, 0.3) is 0 Å². The van der Waals surface area contributed by atoms with Crippen LogP contribution in [0.15, 0.2) is 28.7 Å². The van der Waals surface area contributed by atoms with Crippen LogP contribution in [0.2, 0.25) is 0 Å². The normalized spacial score (nSPS) is 20.3. The molecule has 0 amide bonds. The lowest BCUT2D eigenvalue weighted by Gasteiger charge is -2.30. The van der Waals surface area contributed by atoms with Gasteiger partial charge in [-0.1, -0.05) is 15.9 Å². The van der Waals surface area contributed by atoms with Crippen molar-refractivity contribution in [1.82, 2.24) is 4.90 Å². The predicted molar refractivity (Wildman–Crippen MR) is 74.5 cm³/mol. The van der Waals surface area contributed by atoms with Crippen LogP contribution in [-0.2, 0) is 0 Å². The van der Waals surface area contributed by atoms with Crippen molar-refractivity contribution in [2.24, 2.45) is 0 Å². The number of benzene rings is 1. The van der Waals surface area contributed by atoms with Gasteiger partial charge in [-0.2, -0.15) is 5.26 Å². The number of rotatable bonds is 4. The van der Waals surface area contributed by atoms with Crippen LogP contribution in [0.3, 0.4) is 0 Å². The summed E-state index contributed by atoms with van der Waals surface area (Å²) in [4.78, 5) is 2.22. The molecule has 0 aliphatic carbocycles. The van der Waals surface area contributed by atoms with Gasteiger partial charge < -0.3 is 4.74 Å².